The lowest BCUT2D eigenvalue weighted by Crippen LogP contribution is -2.23. The molecule has 1 aliphatic carbocycles. The number of primary amides is 1. The second-order valence-corrected chi connectivity index (χ2v) is 7.39. The van der Waals surface area contributed by atoms with Crippen LogP contribution in [0.1, 0.15) is 46.7 Å². The zero-order valence-corrected chi connectivity index (χ0v) is 13.2. The molecule has 6 heteroatoms. The summed E-state index contributed by atoms with van der Waals surface area (Å²) in [6.07, 6.45) is 1.85. The predicted molar refractivity (Wildman–Crippen MR) is 84.8 cm³/mol. The smallest absolute Gasteiger partial charge is 0.253 e. The summed E-state index contributed by atoms with van der Waals surface area (Å²) in [7, 11) is 0. The molecular formula is C15H21N3O2S. The van der Waals surface area contributed by atoms with Crippen LogP contribution in [0.25, 0.3) is 0 Å². The average Bonchev–Trinajstić information content (AvgIpc) is 3.13. The number of ketones is 1. The van der Waals surface area contributed by atoms with E-state index in [9.17, 15) is 9.59 Å². The van der Waals surface area contributed by atoms with Crippen molar-refractivity contribution in [1.82, 2.24) is 0 Å². The third kappa shape index (κ3) is 2.41. The fourth-order valence-electron chi connectivity index (χ4n) is 2.90. The molecule has 1 saturated carbocycles. The molecule has 2 unspecified atom stereocenters. The SMILES string of the molecule is CC1CN(c2sc(C(=O)C3CC3)c(N)c2C(N)=O)CC1C. The summed E-state index contributed by atoms with van der Waals surface area (Å²) in [4.78, 5) is 26.8. The number of Topliss-reactive ketones (excluding diaryl/α,β-unsaturated/α-hetero) is 1. The Bertz CT molecular complexity index is 596. The average molecular weight is 307 g/mol. The molecule has 21 heavy (non-hydrogen) atoms. The van der Waals surface area contributed by atoms with Gasteiger partial charge in [-0.05, 0) is 24.7 Å². The van der Waals surface area contributed by atoms with E-state index in [4.69, 9.17) is 11.5 Å². The number of carbonyl (C=O) groups is 2. The number of rotatable bonds is 4. The maximum Gasteiger partial charge on any atom is 0.253 e. The molecule has 2 atom stereocenters. The first-order valence-corrected chi connectivity index (χ1v) is 8.23. The molecule has 0 bridgehead atoms. The number of amides is 1. The normalized spacial score (nSPS) is 25.3. The van der Waals surface area contributed by atoms with E-state index in [1.807, 2.05) is 0 Å². The van der Waals surface area contributed by atoms with Crippen LogP contribution in [-0.2, 0) is 0 Å². The van der Waals surface area contributed by atoms with Gasteiger partial charge >= 0.3 is 0 Å². The van der Waals surface area contributed by atoms with E-state index in [2.05, 4.69) is 18.7 Å². The molecule has 2 heterocycles. The zero-order chi connectivity index (χ0) is 15.3. The molecule has 3 rings (SSSR count). The van der Waals surface area contributed by atoms with Crippen LogP contribution in [0.5, 0.6) is 0 Å². The lowest BCUT2D eigenvalue weighted by atomic mass is 10.0. The number of thiophene rings is 1. The molecule has 2 fully saturated rings. The van der Waals surface area contributed by atoms with Gasteiger partial charge in [0.05, 0.1) is 16.1 Å². The van der Waals surface area contributed by atoms with Crippen molar-refractivity contribution in [2.75, 3.05) is 23.7 Å². The minimum absolute atomic E-state index is 0.0755. The molecule has 1 saturated heterocycles. The predicted octanol–water partition coefficient (Wildman–Crippen LogP) is 2.11. The largest absolute Gasteiger partial charge is 0.397 e. The summed E-state index contributed by atoms with van der Waals surface area (Å²) < 4.78 is 0. The van der Waals surface area contributed by atoms with Crippen molar-refractivity contribution in [3.05, 3.63) is 10.4 Å². The van der Waals surface area contributed by atoms with Crippen LogP contribution in [0.2, 0.25) is 0 Å². The summed E-state index contributed by atoms with van der Waals surface area (Å²) in [5.74, 6) is 0.733. The van der Waals surface area contributed by atoms with Gasteiger partial charge < -0.3 is 16.4 Å². The fraction of sp³-hybridized carbons (Fsp3) is 0.600. The van der Waals surface area contributed by atoms with E-state index in [1.165, 1.54) is 11.3 Å². The van der Waals surface area contributed by atoms with Crippen molar-refractivity contribution in [2.24, 2.45) is 23.5 Å². The monoisotopic (exact) mass is 307 g/mol. The minimum atomic E-state index is -0.541. The van der Waals surface area contributed by atoms with Crippen LogP contribution in [0.3, 0.4) is 0 Å². The number of hydrogen-bond acceptors (Lipinski definition) is 5. The number of carbonyl (C=O) groups excluding carboxylic acids is 2. The first kappa shape index (κ1) is 14.4. The van der Waals surface area contributed by atoms with E-state index in [0.29, 0.717) is 22.3 Å². The van der Waals surface area contributed by atoms with Gasteiger partial charge in [0.2, 0.25) is 0 Å². The summed E-state index contributed by atoms with van der Waals surface area (Å²) in [6, 6.07) is 0. The van der Waals surface area contributed by atoms with Crippen molar-refractivity contribution in [3.63, 3.8) is 0 Å². The van der Waals surface area contributed by atoms with Crippen LogP contribution in [0, 0.1) is 17.8 Å². The van der Waals surface area contributed by atoms with Crippen LogP contribution in [0.4, 0.5) is 10.7 Å². The molecule has 0 aromatic carbocycles. The van der Waals surface area contributed by atoms with E-state index < -0.39 is 5.91 Å². The minimum Gasteiger partial charge on any atom is -0.397 e. The second-order valence-electron chi connectivity index (χ2n) is 6.39. The van der Waals surface area contributed by atoms with E-state index in [1.54, 1.807) is 0 Å². The van der Waals surface area contributed by atoms with Gasteiger partial charge in [-0.1, -0.05) is 13.8 Å². The quantitative estimate of drug-likeness (QED) is 0.834. The van der Waals surface area contributed by atoms with Crippen LogP contribution in [-0.4, -0.2) is 24.8 Å². The Morgan fingerprint density at radius 1 is 1.19 bits per heavy atom. The Hall–Kier alpha value is -1.56. The van der Waals surface area contributed by atoms with Gasteiger partial charge in [-0.15, -0.1) is 11.3 Å². The van der Waals surface area contributed by atoms with Gasteiger partial charge in [-0.2, -0.15) is 0 Å². The molecule has 1 amide bonds. The number of nitrogens with two attached hydrogens (primary N) is 2. The molecule has 0 radical (unpaired) electrons. The maximum absolute atomic E-state index is 12.3. The summed E-state index contributed by atoms with van der Waals surface area (Å²) >= 11 is 1.34. The lowest BCUT2D eigenvalue weighted by Gasteiger charge is -2.17. The maximum atomic E-state index is 12.3. The van der Waals surface area contributed by atoms with Crippen LogP contribution >= 0.6 is 11.3 Å². The van der Waals surface area contributed by atoms with Gasteiger partial charge in [-0.25, -0.2) is 0 Å². The molecule has 114 valence electrons. The molecule has 1 aromatic heterocycles. The van der Waals surface area contributed by atoms with Gasteiger partial charge in [0.1, 0.15) is 5.00 Å². The molecule has 0 spiro atoms. The molecular weight excluding hydrogens is 286 g/mol. The lowest BCUT2D eigenvalue weighted by molar-refractivity contribution is 0.0972. The van der Waals surface area contributed by atoms with Crippen LogP contribution in [0.15, 0.2) is 0 Å². The topological polar surface area (TPSA) is 89.4 Å². The highest BCUT2D eigenvalue weighted by atomic mass is 32.1. The fourth-order valence-corrected chi connectivity index (χ4v) is 4.17. The summed E-state index contributed by atoms with van der Waals surface area (Å²) in [5.41, 5.74) is 12.2. The Kier molecular flexibility index (Phi) is 3.43. The Morgan fingerprint density at radius 2 is 1.76 bits per heavy atom. The van der Waals surface area contributed by atoms with E-state index in [0.717, 1.165) is 30.9 Å². The molecule has 5 nitrogen and oxygen atoms in total. The Labute approximate surface area is 128 Å². The Balaban J connectivity index is 2.01. The highest BCUT2D eigenvalue weighted by Crippen LogP contribution is 2.44. The first-order valence-electron chi connectivity index (χ1n) is 7.41. The second kappa shape index (κ2) is 5.02. The first-order chi connectivity index (χ1) is 9.90. The van der Waals surface area contributed by atoms with Crippen molar-refractivity contribution in [1.29, 1.82) is 0 Å². The molecule has 1 aromatic rings. The van der Waals surface area contributed by atoms with Gasteiger partial charge in [0.15, 0.2) is 5.78 Å². The van der Waals surface area contributed by atoms with Crippen LogP contribution < -0.4 is 16.4 Å². The summed E-state index contributed by atoms with van der Waals surface area (Å²) in [6.45, 7) is 6.14. The standard InChI is InChI=1S/C15H21N3O2S/c1-7-5-18(6-8(7)2)15-10(14(17)20)11(16)13(21-15)12(19)9-3-4-9/h7-9H,3-6,16H2,1-2H3,(H2,17,20). The number of anilines is 2. The molecule has 2 aliphatic rings. The Morgan fingerprint density at radius 3 is 2.24 bits per heavy atom. The van der Waals surface area contributed by atoms with Crippen molar-refractivity contribution >= 4 is 33.7 Å². The number of hydrogen-bond donors (Lipinski definition) is 2. The zero-order valence-electron chi connectivity index (χ0n) is 12.4. The van der Waals surface area contributed by atoms with Gasteiger partial charge in [-0.3, -0.25) is 9.59 Å². The highest BCUT2D eigenvalue weighted by molar-refractivity contribution is 7.19. The third-order valence-corrected chi connectivity index (χ3v) is 5.90. The van der Waals surface area contributed by atoms with Crippen molar-refractivity contribution in [2.45, 2.75) is 26.7 Å². The van der Waals surface area contributed by atoms with Gasteiger partial charge in [0.25, 0.3) is 5.91 Å². The van der Waals surface area contributed by atoms with Crippen molar-refractivity contribution < 1.29 is 9.59 Å². The van der Waals surface area contributed by atoms with E-state index >= 15 is 0 Å². The number of nitrogens with zero attached hydrogens (tertiary/aromatic N) is 1. The van der Waals surface area contributed by atoms with Gasteiger partial charge in [0, 0.05) is 19.0 Å². The van der Waals surface area contributed by atoms with E-state index in [-0.39, 0.29) is 17.4 Å². The number of nitrogen functional groups attached to an aromatic ring is 1. The highest BCUT2D eigenvalue weighted by Gasteiger charge is 2.37. The summed E-state index contributed by atoms with van der Waals surface area (Å²) in [5, 5.41) is 0.778. The third-order valence-electron chi connectivity index (χ3n) is 4.62. The molecule has 4 N–H and O–H groups in total. The van der Waals surface area contributed by atoms with Crippen molar-refractivity contribution in [3.8, 4) is 0 Å². The molecule has 1 aliphatic heterocycles.